The molecule has 0 atom stereocenters. The number of hydrogen-bond donors (Lipinski definition) is 1. The Morgan fingerprint density at radius 1 is 1.03 bits per heavy atom. The molecule has 7 nitrogen and oxygen atoms in total. The third-order valence-electron chi connectivity index (χ3n) is 5.53. The monoisotopic (exact) mass is 517 g/mol. The van der Waals surface area contributed by atoms with Gasteiger partial charge in [0.2, 0.25) is 0 Å². The fourth-order valence-corrected chi connectivity index (χ4v) is 6.75. The summed E-state index contributed by atoms with van der Waals surface area (Å²) < 4.78 is 65.6. The van der Waals surface area contributed by atoms with Crippen LogP contribution in [-0.2, 0) is 16.6 Å². The fourth-order valence-electron chi connectivity index (χ4n) is 3.82. The summed E-state index contributed by atoms with van der Waals surface area (Å²) in [6, 6.07) is 16.5. The van der Waals surface area contributed by atoms with Crippen LogP contribution in [0.25, 0.3) is 10.1 Å². The van der Waals surface area contributed by atoms with E-state index in [0.29, 0.717) is 10.6 Å². The second kappa shape index (κ2) is 8.21. The van der Waals surface area contributed by atoms with Gasteiger partial charge in [-0.15, -0.1) is 20.1 Å². The van der Waals surface area contributed by atoms with Crippen molar-refractivity contribution in [2.45, 2.75) is 24.7 Å². The lowest BCUT2D eigenvalue weighted by Gasteiger charge is -2.24. The van der Waals surface area contributed by atoms with Crippen molar-refractivity contribution in [1.29, 1.82) is 0 Å². The number of aromatic carboxylic acids is 1. The molecule has 0 bridgehead atoms. The molecule has 0 fully saturated rings. The van der Waals surface area contributed by atoms with Gasteiger partial charge in [-0.3, -0.25) is 4.31 Å². The van der Waals surface area contributed by atoms with Crippen LogP contribution >= 0.6 is 11.3 Å². The summed E-state index contributed by atoms with van der Waals surface area (Å²) >= 11 is 1.28. The lowest BCUT2D eigenvalue weighted by atomic mass is 10.2. The number of carboxylic acid groups (broad SMARTS) is 1. The summed E-state index contributed by atoms with van der Waals surface area (Å²) in [5, 5.41) is 10.5. The van der Waals surface area contributed by atoms with E-state index in [9.17, 15) is 22.0 Å². The molecule has 0 radical (unpaired) electrons. The zero-order chi connectivity index (χ0) is 25.0. The molecule has 180 valence electrons. The van der Waals surface area contributed by atoms with Crippen molar-refractivity contribution in [1.82, 2.24) is 0 Å². The Hall–Kier alpha value is -3.70. The number of thiophene rings is 1. The van der Waals surface area contributed by atoms with Crippen molar-refractivity contribution in [2.24, 2.45) is 0 Å². The van der Waals surface area contributed by atoms with E-state index in [1.54, 1.807) is 0 Å². The molecule has 0 saturated heterocycles. The van der Waals surface area contributed by atoms with E-state index in [2.05, 4.69) is 9.47 Å². The molecular weight excluding hydrogens is 500 g/mol. The Labute approximate surface area is 202 Å². The molecule has 0 aliphatic carbocycles. The van der Waals surface area contributed by atoms with Crippen LogP contribution in [0.3, 0.4) is 0 Å². The third kappa shape index (κ3) is 4.17. The highest BCUT2D eigenvalue weighted by Crippen LogP contribution is 2.43. The molecule has 11 heteroatoms. The summed E-state index contributed by atoms with van der Waals surface area (Å²) in [5.74, 6) is -1.51. The zero-order valence-electron chi connectivity index (χ0n) is 18.1. The molecular formula is C24H17F2NO6S2. The number of fused-ring (bicyclic) bond motifs is 2. The molecule has 0 spiro atoms. The zero-order valence-corrected chi connectivity index (χ0v) is 19.7. The van der Waals surface area contributed by atoms with Crippen molar-refractivity contribution in [3.63, 3.8) is 0 Å². The second-order valence-corrected chi connectivity index (χ2v) is 10.7. The van der Waals surface area contributed by atoms with Crippen molar-refractivity contribution < 1.29 is 36.6 Å². The van der Waals surface area contributed by atoms with Crippen LogP contribution in [0, 0.1) is 6.92 Å². The summed E-state index contributed by atoms with van der Waals surface area (Å²) in [7, 11) is -4.17. The smallest absolute Gasteiger partial charge is 0.478 e. The molecule has 1 N–H and O–H groups in total. The van der Waals surface area contributed by atoms with Gasteiger partial charge < -0.3 is 14.6 Å². The minimum absolute atomic E-state index is 0.0507. The van der Waals surface area contributed by atoms with E-state index in [-0.39, 0.29) is 28.5 Å². The van der Waals surface area contributed by atoms with Gasteiger partial charge >= 0.3 is 12.3 Å². The minimum Gasteiger partial charge on any atom is -0.478 e. The van der Waals surface area contributed by atoms with E-state index in [0.717, 1.165) is 15.6 Å². The largest absolute Gasteiger partial charge is 0.586 e. The maximum Gasteiger partial charge on any atom is 0.586 e. The first-order valence-corrected chi connectivity index (χ1v) is 12.5. The van der Waals surface area contributed by atoms with Crippen LogP contribution in [0.4, 0.5) is 13.8 Å². The van der Waals surface area contributed by atoms with Gasteiger partial charge in [0.1, 0.15) is 5.00 Å². The number of rotatable bonds is 6. The number of aryl methyl sites for hydroxylation is 1. The standard InChI is InChI=1S/C24H17F2NO6S2/c1-14-18-4-2-3-5-21(18)34-22(14)27(35(30,31)17-9-7-16(8-10-17)23(28)29)13-15-6-11-19-20(12-15)33-24(25,26)32-19/h2-12H,13H2,1H3,(H,28,29). The number of anilines is 1. The second-order valence-electron chi connectivity index (χ2n) is 7.82. The van der Waals surface area contributed by atoms with E-state index < -0.39 is 22.3 Å². The highest BCUT2D eigenvalue weighted by atomic mass is 32.2. The number of halogens is 2. The SMILES string of the molecule is Cc1c(N(Cc2ccc3c(c2)OC(F)(F)O3)S(=O)(=O)c2ccc(C(=O)O)cc2)sc2ccccc12. The van der Waals surface area contributed by atoms with Gasteiger partial charge in [0.25, 0.3) is 10.0 Å². The number of hydrogen-bond acceptors (Lipinski definition) is 6. The summed E-state index contributed by atoms with van der Waals surface area (Å²) in [6.45, 7) is 1.63. The van der Waals surface area contributed by atoms with E-state index in [1.165, 1.54) is 58.1 Å². The van der Waals surface area contributed by atoms with Crippen LogP contribution in [0.15, 0.2) is 71.6 Å². The highest BCUT2D eigenvalue weighted by molar-refractivity contribution is 7.93. The maximum atomic E-state index is 13.8. The lowest BCUT2D eigenvalue weighted by Crippen LogP contribution is -2.30. The number of benzene rings is 3. The average molecular weight is 518 g/mol. The van der Waals surface area contributed by atoms with E-state index in [4.69, 9.17) is 5.11 Å². The third-order valence-corrected chi connectivity index (χ3v) is 8.70. The predicted octanol–water partition coefficient (Wildman–Crippen LogP) is 5.62. The van der Waals surface area contributed by atoms with Crippen LogP contribution in [-0.4, -0.2) is 25.8 Å². The van der Waals surface area contributed by atoms with Gasteiger partial charge in [-0.25, -0.2) is 13.2 Å². The summed E-state index contributed by atoms with van der Waals surface area (Å²) in [4.78, 5) is 11.1. The topological polar surface area (TPSA) is 93.1 Å². The molecule has 1 aromatic heterocycles. The maximum absolute atomic E-state index is 13.8. The van der Waals surface area contributed by atoms with E-state index >= 15 is 0 Å². The van der Waals surface area contributed by atoms with Gasteiger partial charge in [-0.2, -0.15) is 0 Å². The molecule has 4 aromatic rings. The van der Waals surface area contributed by atoms with Gasteiger partial charge in [-0.1, -0.05) is 24.3 Å². The van der Waals surface area contributed by atoms with Gasteiger partial charge in [0.15, 0.2) is 11.5 Å². The van der Waals surface area contributed by atoms with Gasteiger partial charge in [0.05, 0.1) is 17.0 Å². The molecule has 5 rings (SSSR count). The van der Waals surface area contributed by atoms with Crippen LogP contribution in [0.1, 0.15) is 21.5 Å². The normalized spacial score (nSPS) is 14.3. The van der Waals surface area contributed by atoms with Crippen molar-refractivity contribution in [2.75, 3.05) is 4.31 Å². The Balaban J connectivity index is 1.61. The highest BCUT2D eigenvalue weighted by Gasteiger charge is 2.43. The quantitative estimate of drug-likeness (QED) is 0.357. The Morgan fingerprint density at radius 2 is 1.71 bits per heavy atom. The summed E-state index contributed by atoms with van der Waals surface area (Å²) in [5.41, 5.74) is 1.08. The predicted molar refractivity (Wildman–Crippen MR) is 126 cm³/mol. The Kier molecular flexibility index (Phi) is 5.41. The summed E-state index contributed by atoms with van der Waals surface area (Å²) in [6.07, 6.45) is -3.79. The Bertz CT molecular complexity index is 1560. The molecule has 0 unspecified atom stereocenters. The van der Waals surface area contributed by atoms with Crippen molar-refractivity contribution in [3.8, 4) is 11.5 Å². The molecule has 0 saturated carbocycles. The van der Waals surface area contributed by atoms with Crippen molar-refractivity contribution >= 4 is 42.4 Å². The molecule has 3 aromatic carbocycles. The molecule has 35 heavy (non-hydrogen) atoms. The number of carboxylic acids is 1. The van der Waals surface area contributed by atoms with Crippen molar-refractivity contribution in [3.05, 3.63) is 83.4 Å². The Morgan fingerprint density at radius 3 is 2.40 bits per heavy atom. The van der Waals surface area contributed by atoms with Gasteiger partial charge in [-0.05, 0) is 65.9 Å². The first-order valence-electron chi connectivity index (χ1n) is 10.3. The fraction of sp³-hybridized carbons (Fsp3) is 0.125. The average Bonchev–Trinajstić information content (AvgIpc) is 3.31. The number of alkyl halides is 2. The molecule has 0 amide bonds. The number of sulfonamides is 1. The molecule has 1 aliphatic heterocycles. The molecule has 2 heterocycles. The molecule has 1 aliphatic rings. The number of carbonyl (C=O) groups is 1. The van der Waals surface area contributed by atoms with Crippen LogP contribution < -0.4 is 13.8 Å². The van der Waals surface area contributed by atoms with Gasteiger partial charge in [0, 0.05) is 4.70 Å². The lowest BCUT2D eigenvalue weighted by molar-refractivity contribution is -0.286. The van der Waals surface area contributed by atoms with E-state index in [1.807, 2.05) is 31.2 Å². The number of nitrogens with zero attached hydrogens (tertiary/aromatic N) is 1. The number of ether oxygens (including phenoxy) is 2. The first kappa shape index (κ1) is 23.1. The minimum atomic E-state index is -4.17. The van der Waals surface area contributed by atoms with Crippen LogP contribution in [0.2, 0.25) is 0 Å². The first-order chi connectivity index (χ1) is 16.5. The van der Waals surface area contributed by atoms with Crippen LogP contribution in [0.5, 0.6) is 11.5 Å².